The minimum atomic E-state index is 0.0311. The van der Waals surface area contributed by atoms with Crippen molar-refractivity contribution in [3.8, 4) is 56.5 Å². The summed E-state index contributed by atoms with van der Waals surface area (Å²) in [6.07, 6.45) is 4.73. The number of hydrogen-bond acceptors (Lipinski definition) is 5. The summed E-state index contributed by atoms with van der Waals surface area (Å²) in [7, 11) is 0. The standard InChI is InChI=1S/C56H37N5/c1-5-17-36(18-6-1)52-48-34-32-45-44-30-29-39(35-50(44)61(40-23-11-4-12-24-40)53(45)51(48)47-27-15-16-28-49(47)57-52)41-31-33-46(43-26-14-13-25-42(41)43)56-59-54(37-19-7-2-8-20-37)58-55(60-56)38-21-9-3-10-22-38/h1-35,45,53H. The number of nitrogens with zero attached hydrogens (tertiary/aromatic N) is 5. The Morgan fingerprint density at radius 3 is 1.62 bits per heavy atom. The highest BCUT2D eigenvalue weighted by atomic mass is 15.2. The van der Waals surface area contributed by atoms with E-state index in [0.29, 0.717) is 17.5 Å². The Hall–Kier alpha value is -8.02. The molecule has 61 heavy (non-hydrogen) atoms. The summed E-state index contributed by atoms with van der Waals surface area (Å²) in [5.41, 5.74) is 14.5. The Bertz CT molecular complexity index is 3250. The van der Waals surface area contributed by atoms with Crippen molar-refractivity contribution >= 4 is 39.1 Å². The van der Waals surface area contributed by atoms with E-state index < -0.39 is 0 Å². The van der Waals surface area contributed by atoms with Gasteiger partial charge in [-0.1, -0.05) is 182 Å². The molecule has 286 valence electrons. The fourth-order valence-corrected chi connectivity index (χ4v) is 9.52. The number of para-hydroxylation sites is 2. The van der Waals surface area contributed by atoms with Gasteiger partial charge in [0, 0.05) is 50.5 Å². The smallest absolute Gasteiger partial charge is 0.164 e. The Morgan fingerprint density at radius 1 is 0.410 bits per heavy atom. The van der Waals surface area contributed by atoms with Gasteiger partial charge in [0.05, 0.1) is 17.3 Å². The molecule has 0 radical (unpaired) electrons. The molecule has 2 aliphatic rings. The van der Waals surface area contributed by atoms with Crippen molar-refractivity contribution in [1.82, 2.24) is 19.9 Å². The average Bonchev–Trinajstić information content (AvgIpc) is 3.68. The fraction of sp³-hybridized carbons (Fsp3) is 0.0357. The summed E-state index contributed by atoms with van der Waals surface area (Å²) in [6.45, 7) is 0. The first-order valence-electron chi connectivity index (χ1n) is 20.8. The highest BCUT2D eigenvalue weighted by Crippen LogP contribution is 2.58. The second-order valence-electron chi connectivity index (χ2n) is 15.7. The number of rotatable bonds is 6. The zero-order chi connectivity index (χ0) is 40.3. The summed E-state index contributed by atoms with van der Waals surface area (Å²) in [4.78, 5) is 23.0. The molecule has 10 aromatic rings. The highest BCUT2D eigenvalue weighted by molar-refractivity contribution is 6.05. The molecule has 2 aromatic heterocycles. The van der Waals surface area contributed by atoms with E-state index in [9.17, 15) is 0 Å². The minimum Gasteiger partial charge on any atom is -0.333 e. The monoisotopic (exact) mass is 779 g/mol. The van der Waals surface area contributed by atoms with E-state index >= 15 is 0 Å². The van der Waals surface area contributed by atoms with Crippen LogP contribution in [0.2, 0.25) is 0 Å². The van der Waals surface area contributed by atoms with Gasteiger partial charge in [0.1, 0.15) is 0 Å². The lowest BCUT2D eigenvalue weighted by Crippen LogP contribution is -2.25. The number of pyridine rings is 1. The third-order valence-electron chi connectivity index (χ3n) is 12.3. The molecular weight excluding hydrogens is 743 g/mol. The molecule has 1 aliphatic carbocycles. The molecule has 5 nitrogen and oxygen atoms in total. The van der Waals surface area contributed by atoms with Crippen molar-refractivity contribution in [3.05, 3.63) is 223 Å². The van der Waals surface area contributed by atoms with Crippen molar-refractivity contribution in [2.75, 3.05) is 4.90 Å². The van der Waals surface area contributed by atoms with Crippen LogP contribution in [0.25, 0.3) is 84.3 Å². The summed E-state index contributed by atoms with van der Waals surface area (Å²) < 4.78 is 0. The summed E-state index contributed by atoms with van der Waals surface area (Å²) in [5, 5.41) is 3.41. The third-order valence-corrected chi connectivity index (χ3v) is 12.3. The summed E-state index contributed by atoms with van der Waals surface area (Å²) in [6, 6.07) is 70.6. The van der Waals surface area contributed by atoms with E-state index in [2.05, 4.69) is 157 Å². The van der Waals surface area contributed by atoms with Crippen molar-refractivity contribution < 1.29 is 0 Å². The van der Waals surface area contributed by atoms with Crippen LogP contribution in [-0.4, -0.2) is 19.9 Å². The third kappa shape index (κ3) is 5.85. The lowest BCUT2D eigenvalue weighted by molar-refractivity contribution is 0.672. The maximum atomic E-state index is 5.29. The second-order valence-corrected chi connectivity index (χ2v) is 15.7. The Labute approximate surface area is 354 Å². The number of hydrogen-bond donors (Lipinski definition) is 0. The van der Waals surface area contributed by atoms with E-state index in [-0.39, 0.29) is 12.0 Å². The zero-order valence-corrected chi connectivity index (χ0v) is 33.1. The molecule has 0 fully saturated rings. The molecule has 5 heteroatoms. The van der Waals surface area contributed by atoms with Crippen molar-refractivity contribution in [3.63, 3.8) is 0 Å². The van der Waals surface area contributed by atoms with Crippen LogP contribution in [0.5, 0.6) is 0 Å². The zero-order valence-electron chi connectivity index (χ0n) is 33.1. The quantitative estimate of drug-likeness (QED) is 0.168. The van der Waals surface area contributed by atoms with Gasteiger partial charge >= 0.3 is 0 Å². The van der Waals surface area contributed by atoms with Crippen LogP contribution in [0.15, 0.2) is 206 Å². The molecule has 12 rings (SSSR count). The number of fused-ring (bicyclic) bond motifs is 8. The molecule has 8 aromatic carbocycles. The van der Waals surface area contributed by atoms with E-state index in [1.54, 1.807) is 0 Å². The molecule has 2 atom stereocenters. The molecule has 2 unspecified atom stereocenters. The Morgan fingerprint density at radius 2 is 0.951 bits per heavy atom. The predicted molar refractivity (Wildman–Crippen MR) is 249 cm³/mol. The second kappa shape index (κ2) is 14.4. The first kappa shape index (κ1) is 35.0. The molecule has 0 saturated carbocycles. The SMILES string of the molecule is C1=CC2c3ccc(-c4ccc(-c5nc(-c6ccccc6)nc(-c6ccccc6)n5)c5ccccc45)cc3N(c3ccccc3)C2c2c1c(-c1ccccc1)nc1ccccc21. The Balaban J connectivity index is 1.03. The summed E-state index contributed by atoms with van der Waals surface area (Å²) in [5.74, 6) is 2.08. The maximum Gasteiger partial charge on any atom is 0.164 e. The van der Waals surface area contributed by atoms with E-state index in [1.165, 1.54) is 27.8 Å². The predicted octanol–water partition coefficient (Wildman–Crippen LogP) is 13.9. The summed E-state index contributed by atoms with van der Waals surface area (Å²) >= 11 is 0. The van der Waals surface area contributed by atoms with Gasteiger partial charge in [-0.3, -0.25) is 0 Å². The largest absolute Gasteiger partial charge is 0.333 e. The van der Waals surface area contributed by atoms with Crippen molar-refractivity contribution in [2.24, 2.45) is 0 Å². The molecule has 0 saturated heterocycles. The van der Waals surface area contributed by atoms with Crippen LogP contribution in [0.3, 0.4) is 0 Å². The van der Waals surface area contributed by atoms with E-state index in [0.717, 1.165) is 61.1 Å². The van der Waals surface area contributed by atoms with Gasteiger partial charge in [-0.15, -0.1) is 0 Å². The number of anilines is 2. The van der Waals surface area contributed by atoms with Crippen molar-refractivity contribution in [2.45, 2.75) is 12.0 Å². The van der Waals surface area contributed by atoms with Crippen LogP contribution < -0.4 is 4.90 Å². The topological polar surface area (TPSA) is 54.8 Å². The van der Waals surface area contributed by atoms with Crippen LogP contribution >= 0.6 is 0 Å². The molecule has 1 aliphatic heterocycles. The van der Waals surface area contributed by atoms with Gasteiger partial charge in [0.25, 0.3) is 0 Å². The van der Waals surface area contributed by atoms with Crippen LogP contribution in [0.1, 0.15) is 28.7 Å². The van der Waals surface area contributed by atoms with Crippen LogP contribution in [-0.2, 0) is 0 Å². The number of benzene rings is 8. The molecule has 3 heterocycles. The van der Waals surface area contributed by atoms with Crippen LogP contribution in [0, 0.1) is 0 Å². The molecule has 0 amide bonds. The van der Waals surface area contributed by atoms with Gasteiger partial charge in [0.2, 0.25) is 0 Å². The van der Waals surface area contributed by atoms with E-state index in [4.69, 9.17) is 19.9 Å². The average molecular weight is 780 g/mol. The maximum absolute atomic E-state index is 5.29. The van der Waals surface area contributed by atoms with E-state index in [1.807, 2.05) is 60.7 Å². The number of aromatic nitrogens is 4. The highest BCUT2D eigenvalue weighted by Gasteiger charge is 2.43. The van der Waals surface area contributed by atoms with Gasteiger partial charge in [-0.05, 0) is 63.4 Å². The molecular formula is C56H37N5. The molecule has 0 N–H and O–H groups in total. The first-order chi connectivity index (χ1) is 30.3. The van der Waals surface area contributed by atoms with Gasteiger partial charge in [-0.2, -0.15) is 0 Å². The van der Waals surface area contributed by atoms with Gasteiger partial charge in [0.15, 0.2) is 17.5 Å². The fourth-order valence-electron chi connectivity index (χ4n) is 9.52. The Kier molecular flexibility index (Phi) is 8.23. The first-order valence-corrected chi connectivity index (χ1v) is 20.8. The van der Waals surface area contributed by atoms with Gasteiger partial charge < -0.3 is 4.90 Å². The minimum absolute atomic E-state index is 0.0311. The van der Waals surface area contributed by atoms with Crippen LogP contribution in [0.4, 0.5) is 11.4 Å². The normalized spacial score (nSPS) is 15.1. The van der Waals surface area contributed by atoms with Crippen molar-refractivity contribution in [1.29, 1.82) is 0 Å². The lowest BCUT2D eigenvalue weighted by Gasteiger charge is -2.34. The molecule has 0 bridgehead atoms. The lowest BCUT2D eigenvalue weighted by atomic mass is 9.80. The molecule has 0 spiro atoms. The van der Waals surface area contributed by atoms with Gasteiger partial charge in [-0.25, -0.2) is 19.9 Å².